The number of ether oxygens (including phenoxy) is 1. The first kappa shape index (κ1) is 26.7. The van der Waals surface area contributed by atoms with Gasteiger partial charge in [-0.05, 0) is 29.9 Å². The summed E-state index contributed by atoms with van der Waals surface area (Å²) in [7, 11) is 0. The second-order valence-corrected chi connectivity index (χ2v) is 9.27. The van der Waals surface area contributed by atoms with Crippen LogP contribution in [0.2, 0.25) is 0 Å². The van der Waals surface area contributed by atoms with E-state index < -0.39 is 36.0 Å². The van der Waals surface area contributed by atoms with Crippen molar-refractivity contribution in [2.24, 2.45) is 11.7 Å². The largest absolute Gasteiger partial charge is 0.445 e. The molecule has 2 aromatic carbocycles. The minimum absolute atomic E-state index is 0.0585. The van der Waals surface area contributed by atoms with Gasteiger partial charge < -0.3 is 26.0 Å². The van der Waals surface area contributed by atoms with E-state index in [9.17, 15) is 19.2 Å². The summed E-state index contributed by atoms with van der Waals surface area (Å²) in [5, 5.41) is 5.44. The Bertz CT molecular complexity index is 1040. The van der Waals surface area contributed by atoms with E-state index in [1.165, 1.54) is 4.90 Å². The molecule has 4 N–H and O–H groups in total. The molecule has 0 bridgehead atoms. The van der Waals surface area contributed by atoms with E-state index in [-0.39, 0.29) is 24.9 Å². The molecule has 1 fully saturated rings. The van der Waals surface area contributed by atoms with Gasteiger partial charge in [-0.25, -0.2) is 4.79 Å². The van der Waals surface area contributed by atoms with Gasteiger partial charge in [0.25, 0.3) is 0 Å². The molecule has 36 heavy (non-hydrogen) atoms. The van der Waals surface area contributed by atoms with Crippen molar-refractivity contribution < 1.29 is 23.9 Å². The molecular formula is C27H34N4O5. The first-order valence-electron chi connectivity index (χ1n) is 12.2. The highest BCUT2D eigenvalue weighted by Crippen LogP contribution is 2.20. The molecule has 9 nitrogen and oxygen atoms in total. The fourth-order valence-corrected chi connectivity index (χ4v) is 4.24. The van der Waals surface area contributed by atoms with E-state index in [2.05, 4.69) is 10.6 Å². The van der Waals surface area contributed by atoms with Crippen molar-refractivity contribution in [3.05, 3.63) is 71.8 Å². The number of primary amides is 1. The fraction of sp³-hybridized carbons (Fsp3) is 0.407. The lowest BCUT2D eigenvalue weighted by Gasteiger charge is -2.31. The minimum Gasteiger partial charge on any atom is -0.445 e. The Morgan fingerprint density at radius 3 is 2.17 bits per heavy atom. The number of alkyl carbamates (subject to hydrolysis) is 1. The van der Waals surface area contributed by atoms with Crippen LogP contribution >= 0.6 is 0 Å². The van der Waals surface area contributed by atoms with Crippen molar-refractivity contribution in [2.45, 2.75) is 57.8 Å². The van der Waals surface area contributed by atoms with Crippen LogP contribution in [-0.2, 0) is 32.1 Å². The molecule has 0 aromatic heterocycles. The lowest BCUT2D eigenvalue weighted by atomic mass is 10.00. The molecule has 0 spiro atoms. The molecule has 0 unspecified atom stereocenters. The van der Waals surface area contributed by atoms with Crippen LogP contribution in [0.5, 0.6) is 0 Å². The van der Waals surface area contributed by atoms with Crippen LogP contribution < -0.4 is 16.4 Å². The van der Waals surface area contributed by atoms with Crippen LogP contribution in [0, 0.1) is 5.92 Å². The maximum Gasteiger partial charge on any atom is 0.408 e. The van der Waals surface area contributed by atoms with Crippen molar-refractivity contribution in [3.63, 3.8) is 0 Å². The van der Waals surface area contributed by atoms with E-state index in [4.69, 9.17) is 10.5 Å². The minimum atomic E-state index is -0.977. The standard InChI is InChI=1S/C27H34N4O5/c1-18(2)23(26(34)31-15-9-14-22(31)24(28)32)30-25(33)21(16-19-10-5-3-6-11-19)29-27(35)36-17-20-12-7-4-8-13-20/h3-8,10-13,18,21-23H,9,14-17H2,1-2H3,(H2,28,32)(H,29,35)(H,30,33)/t21-,22-,23-/m0/s1. The van der Waals surface area contributed by atoms with E-state index >= 15 is 0 Å². The lowest BCUT2D eigenvalue weighted by molar-refractivity contribution is -0.141. The Balaban J connectivity index is 1.72. The van der Waals surface area contributed by atoms with Gasteiger partial charge in [0, 0.05) is 13.0 Å². The fourth-order valence-electron chi connectivity index (χ4n) is 4.24. The average Bonchev–Trinajstić information content (AvgIpc) is 3.37. The van der Waals surface area contributed by atoms with Gasteiger partial charge in [-0.3, -0.25) is 14.4 Å². The average molecular weight is 495 g/mol. The van der Waals surface area contributed by atoms with Crippen LogP contribution in [0.25, 0.3) is 0 Å². The molecule has 1 heterocycles. The van der Waals surface area contributed by atoms with E-state index in [0.29, 0.717) is 19.4 Å². The number of nitrogens with two attached hydrogens (primary N) is 1. The highest BCUT2D eigenvalue weighted by atomic mass is 16.5. The van der Waals surface area contributed by atoms with Gasteiger partial charge in [-0.1, -0.05) is 74.5 Å². The van der Waals surface area contributed by atoms with Crippen LogP contribution in [0.4, 0.5) is 4.79 Å². The summed E-state index contributed by atoms with van der Waals surface area (Å²) >= 11 is 0. The first-order chi connectivity index (χ1) is 17.3. The Hall–Kier alpha value is -3.88. The molecule has 192 valence electrons. The summed E-state index contributed by atoms with van der Waals surface area (Å²) < 4.78 is 5.31. The van der Waals surface area contributed by atoms with Crippen molar-refractivity contribution >= 4 is 23.8 Å². The van der Waals surface area contributed by atoms with Gasteiger partial charge in [-0.2, -0.15) is 0 Å². The van der Waals surface area contributed by atoms with Crippen molar-refractivity contribution in [2.75, 3.05) is 6.54 Å². The van der Waals surface area contributed by atoms with Crippen molar-refractivity contribution in [3.8, 4) is 0 Å². The second kappa shape index (κ2) is 12.7. The molecule has 4 amide bonds. The smallest absolute Gasteiger partial charge is 0.408 e. The number of benzene rings is 2. The van der Waals surface area contributed by atoms with E-state index in [0.717, 1.165) is 11.1 Å². The van der Waals surface area contributed by atoms with E-state index in [1.54, 1.807) is 0 Å². The molecule has 9 heteroatoms. The highest BCUT2D eigenvalue weighted by molar-refractivity contribution is 5.94. The number of hydrogen-bond donors (Lipinski definition) is 3. The van der Waals surface area contributed by atoms with Gasteiger partial charge in [0.05, 0.1) is 0 Å². The van der Waals surface area contributed by atoms with Gasteiger partial charge in [0.2, 0.25) is 17.7 Å². The third kappa shape index (κ3) is 7.31. The number of amides is 4. The topological polar surface area (TPSA) is 131 Å². The number of nitrogens with zero attached hydrogens (tertiary/aromatic N) is 1. The lowest BCUT2D eigenvalue weighted by Crippen LogP contribution is -2.58. The van der Waals surface area contributed by atoms with E-state index in [1.807, 2.05) is 74.5 Å². The van der Waals surface area contributed by atoms with Gasteiger partial charge in [0.1, 0.15) is 24.7 Å². The van der Waals surface area contributed by atoms with Crippen molar-refractivity contribution in [1.29, 1.82) is 0 Å². The second-order valence-electron chi connectivity index (χ2n) is 9.27. The molecule has 3 atom stereocenters. The molecule has 0 radical (unpaired) electrons. The van der Waals surface area contributed by atoms with Crippen LogP contribution in [0.3, 0.4) is 0 Å². The normalized spacial score (nSPS) is 16.8. The maximum atomic E-state index is 13.4. The van der Waals surface area contributed by atoms with Gasteiger partial charge in [0.15, 0.2) is 0 Å². The zero-order valence-electron chi connectivity index (χ0n) is 20.7. The number of likely N-dealkylation sites (tertiary alicyclic amines) is 1. The van der Waals surface area contributed by atoms with Gasteiger partial charge >= 0.3 is 6.09 Å². The molecule has 1 aliphatic heterocycles. The Labute approximate surface area is 211 Å². The van der Waals surface area contributed by atoms with Crippen LogP contribution in [0.15, 0.2) is 60.7 Å². The molecule has 1 aliphatic rings. The molecule has 3 rings (SSSR count). The quantitative estimate of drug-likeness (QED) is 0.466. The van der Waals surface area contributed by atoms with Crippen molar-refractivity contribution in [1.82, 2.24) is 15.5 Å². The Kier molecular flexibility index (Phi) is 9.44. The first-order valence-corrected chi connectivity index (χ1v) is 12.2. The third-order valence-electron chi connectivity index (χ3n) is 6.20. The number of nitrogens with one attached hydrogen (secondary N) is 2. The summed E-state index contributed by atoms with van der Waals surface area (Å²) in [6.45, 7) is 4.09. The summed E-state index contributed by atoms with van der Waals surface area (Å²) in [6, 6.07) is 15.9. The molecule has 0 saturated carbocycles. The molecule has 1 saturated heterocycles. The number of hydrogen-bond acceptors (Lipinski definition) is 5. The summed E-state index contributed by atoms with van der Waals surface area (Å²) in [5.41, 5.74) is 7.13. The molecular weight excluding hydrogens is 460 g/mol. The Morgan fingerprint density at radius 1 is 0.972 bits per heavy atom. The summed E-state index contributed by atoms with van der Waals surface area (Å²) in [6.07, 6.45) is 0.643. The molecule has 2 aromatic rings. The van der Waals surface area contributed by atoms with Crippen LogP contribution in [-0.4, -0.2) is 53.4 Å². The predicted octanol–water partition coefficient (Wildman–Crippen LogP) is 2.14. The summed E-state index contributed by atoms with van der Waals surface area (Å²) in [5.74, 6) is -1.68. The number of carbonyl (C=O) groups is 4. The monoisotopic (exact) mass is 494 g/mol. The highest BCUT2D eigenvalue weighted by Gasteiger charge is 2.38. The SMILES string of the molecule is CC(C)[C@H](NC(=O)[C@H](Cc1ccccc1)NC(=O)OCc1ccccc1)C(=O)N1CCC[C@H]1C(N)=O. The maximum absolute atomic E-state index is 13.4. The predicted molar refractivity (Wildman–Crippen MR) is 134 cm³/mol. The zero-order chi connectivity index (χ0) is 26.1. The number of rotatable bonds is 10. The number of carbonyl (C=O) groups excluding carboxylic acids is 4. The molecule has 0 aliphatic carbocycles. The third-order valence-corrected chi connectivity index (χ3v) is 6.20. The Morgan fingerprint density at radius 2 is 1.58 bits per heavy atom. The zero-order valence-corrected chi connectivity index (χ0v) is 20.7. The van der Waals surface area contributed by atoms with Crippen LogP contribution in [0.1, 0.15) is 37.8 Å². The van der Waals surface area contributed by atoms with Gasteiger partial charge in [-0.15, -0.1) is 0 Å². The summed E-state index contributed by atoms with van der Waals surface area (Å²) in [4.78, 5) is 52.5.